The van der Waals surface area contributed by atoms with Crippen molar-refractivity contribution in [2.24, 2.45) is 0 Å². The standard InChI is InChI=1S/C13H10N4O3/c18-6-2-4-9-3-1-5-11(16-9)17-13(20)10-7-15-12(19)8-14-10/h1,3,5,7-8,18H,6H2,(H,15,19)(H,16,17,20). The molecule has 2 aromatic rings. The molecule has 7 nitrogen and oxygen atoms in total. The fraction of sp³-hybridized carbons (Fsp3) is 0.0769. The van der Waals surface area contributed by atoms with Gasteiger partial charge in [-0.2, -0.15) is 0 Å². The Morgan fingerprint density at radius 2 is 2.30 bits per heavy atom. The molecule has 1 amide bonds. The molecule has 3 N–H and O–H groups in total. The molecular weight excluding hydrogens is 260 g/mol. The lowest BCUT2D eigenvalue weighted by atomic mass is 10.3. The Morgan fingerprint density at radius 1 is 1.45 bits per heavy atom. The predicted molar refractivity (Wildman–Crippen MR) is 71.0 cm³/mol. The Labute approximate surface area is 113 Å². The summed E-state index contributed by atoms with van der Waals surface area (Å²) in [5.74, 6) is 4.89. The minimum absolute atomic E-state index is 0.0678. The summed E-state index contributed by atoms with van der Waals surface area (Å²) in [5, 5.41) is 11.1. The lowest BCUT2D eigenvalue weighted by Crippen LogP contribution is -2.17. The number of aromatic nitrogens is 3. The van der Waals surface area contributed by atoms with Crippen LogP contribution in [0.2, 0.25) is 0 Å². The molecule has 2 rings (SSSR count). The summed E-state index contributed by atoms with van der Waals surface area (Å²) in [6, 6.07) is 4.91. The predicted octanol–water partition coefficient (Wildman–Crippen LogP) is -0.239. The van der Waals surface area contributed by atoms with Gasteiger partial charge in [-0.05, 0) is 18.1 Å². The van der Waals surface area contributed by atoms with Gasteiger partial charge in [0.25, 0.3) is 11.5 Å². The molecule has 0 aromatic carbocycles. The monoisotopic (exact) mass is 270 g/mol. The van der Waals surface area contributed by atoms with Crippen molar-refractivity contribution in [3.8, 4) is 11.8 Å². The highest BCUT2D eigenvalue weighted by molar-refractivity contribution is 6.02. The summed E-state index contributed by atoms with van der Waals surface area (Å²) in [7, 11) is 0. The van der Waals surface area contributed by atoms with Crippen molar-refractivity contribution in [2.75, 3.05) is 11.9 Å². The number of hydrogen-bond donors (Lipinski definition) is 3. The van der Waals surface area contributed by atoms with E-state index in [0.717, 1.165) is 6.20 Å². The molecule has 0 fully saturated rings. The maximum absolute atomic E-state index is 11.8. The van der Waals surface area contributed by atoms with Gasteiger partial charge in [0.05, 0.1) is 6.20 Å². The number of pyridine rings is 1. The Morgan fingerprint density at radius 3 is 3.00 bits per heavy atom. The van der Waals surface area contributed by atoms with Crippen LogP contribution < -0.4 is 10.9 Å². The molecule has 0 aliphatic rings. The first-order valence-electron chi connectivity index (χ1n) is 5.62. The van der Waals surface area contributed by atoms with E-state index in [1.165, 1.54) is 6.20 Å². The van der Waals surface area contributed by atoms with Gasteiger partial charge in [0, 0.05) is 6.20 Å². The van der Waals surface area contributed by atoms with Gasteiger partial charge in [0.15, 0.2) is 0 Å². The first-order valence-corrected chi connectivity index (χ1v) is 5.62. The summed E-state index contributed by atoms with van der Waals surface area (Å²) in [5.41, 5.74) is 0.102. The van der Waals surface area contributed by atoms with Crippen LogP contribution in [-0.4, -0.2) is 32.6 Å². The number of aliphatic hydroxyl groups excluding tert-OH is 1. The van der Waals surface area contributed by atoms with Crippen molar-refractivity contribution >= 4 is 11.7 Å². The molecule has 100 valence electrons. The molecule has 7 heteroatoms. The van der Waals surface area contributed by atoms with Crippen molar-refractivity contribution in [1.29, 1.82) is 0 Å². The topological polar surface area (TPSA) is 108 Å². The third-order valence-electron chi connectivity index (χ3n) is 2.19. The molecular formula is C13H10N4O3. The quantitative estimate of drug-likeness (QED) is 0.653. The van der Waals surface area contributed by atoms with Crippen LogP contribution in [0, 0.1) is 11.8 Å². The number of hydrogen-bond acceptors (Lipinski definition) is 5. The zero-order valence-corrected chi connectivity index (χ0v) is 10.3. The van der Waals surface area contributed by atoms with Crippen LogP contribution in [0.5, 0.6) is 0 Å². The third kappa shape index (κ3) is 3.51. The number of carbonyl (C=O) groups is 1. The van der Waals surface area contributed by atoms with Crippen molar-refractivity contribution in [3.63, 3.8) is 0 Å². The number of anilines is 1. The largest absolute Gasteiger partial charge is 0.384 e. The lowest BCUT2D eigenvalue weighted by molar-refractivity contribution is 0.102. The van der Waals surface area contributed by atoms with Crippen molar-refractivity contribution in [2.45, 2.75) is 0 Å². The molecule has 0 aliphatic heterocycles. The third-order valence-corrected chi connectivity index (χ3v) is 2.19. The van der Waals surface area contributed by atoms with E-state index < -0.39 is 5.91 Å². The fourth-order valence-corrected chi connectivity index (χ4v) is 1.35. The minimum atomic E-state index is -0.499. The van der Waals surface area contributed by atoms with Gasteiger partial charge >= 0.3 is 0 Å². The van der Waals surface area contributed by atoms with Crippen molar-refractivity contribution in [3.05, 3.63) is 52.3 Å². The molecule has 0 bridgehead atoms. The van der Waals surface area contributed by atoms with Crippen LogP contribution in [-0.2, 0) is 0 Å². The second-order valence-electron chi connectivity index (χ2n) is 3.62. The summed E-state index contributed by atoms with van der Waals surface area (Å²) < 4.78 is 0. The molecule has 2 aromatic heterocycles. The zero-order valence-electron chi connectivity index (χ0n) is 10.3. The second-order valence-corrected chi connectivity index (χ2v) is 3.62. The average molecular weight is 270 g/mol. The summed E-state index contributed by atoms with van der Waals surface area (Å²) in [6.07, 6.45) is 2.23. The molecule has 0 spiro atoms. The van der Waals surface area contributed by atoms with Gasteiger partial charge in [0.1, 0.15) is 23.8 Å². The highest BCUT2D eigenvalue weighted by Crippen LogP contribution is 2.05. The van der Waals surface area contributed by atoms with E-state index >= 15 is 0 Å². The highest BCUT2D eigenvalue weighted by atomic mass is 16.2. The molecule has 2 heterocycles. The van der Waals surface area contributed by atoms with Crippen molar-refractivity contribution < 1.29 is 9.90 Å². The van der Waals surface area contributed by atoms with Crippen LogP contribution in [0.1, 0.15) is 16.2 Å². The van der Waals surface area contributed by atoms with Gasteiger partial charge < -0.3 is 15.4 Å². The molecule has 0 radical (unpaired) electrons. The Hall–Kier alpha value is -2.98. The van der Waals surface area contributed by atoms with E-state index in [4.69, 9.17) is 5.11 Å². The van der Waals surface area contributed by atoms with E-state index in [9.17, 15) is 9.59 Å². The smallest absolute Gasteiger partial charge is 0.276 e. The molecule has 0 unspecified atom stereocenters. The first-order chi connectivity index (χ1) is 9.69. The van der Waals surface area contributed by atoms with E-state index in [1.807, 2.05) is 0 Å². The van der Waals surface area contributed by atoms with Gasteiger partial charge in [-0.3, -0.25) is 9.59 Å². The molecule has 0 saturated heterocycles. The molecule has 20 heavy (non-hydrogen) atoms. The first kappa shape index (κ1) is 13.5. The SMILES string of the molecule is O=C(Nc1cccc(C#CCO)n1)c1c[nH]c(=O)cn1. The van der Waals surface area contributed by atoms with E-state index in [1.54, 1.807) is 18.2 Å². The van der Waals surface area contributed by atoms with Crippen LogP contribution in [0.15, 0.2) is 35.4 Å². The number of aliphatic hydroxyl groups is 1. The minimum Gasteiger partial charge on any atom is -0.384 e. The number of nitrogens with one attached hydrogen (secondary N) is 2. The van der Waals surface area contributed by atoms with Crippen molar-refractivity contribution in [1.82, 2.24) is 15.0 Å². The van der Waals surface area contributed by atoms with E-state index in [0.29, 0.717) is 11.5 Å². The average Bonchev–Trinajstić information content (AvgIpc) is 2.46. The van der Waals surface area contributed by atoms with Gasteiger partial charge in [-0.15, -0.1) is 0 Å². The number of amides is 1. The van der Waals surface area contributed by atoms with E-state index in [-0.39, 0.29) is 17.9 Å². The Balaban J connectivity index is 2.15. The summed E-state index contributed by atoms with van der Waals surface area (Å²) in [6.45, 7) is -0.264. The summed E-state index contributed by atoms with van der Waals surface area (Å²) >= 11 is 0. The van der Waals surface area contributed by atoms with Crippen LogP contribution in [0.25, 0.3) is 0 Å². The number of nitrogens with zero attached hydrogens (tertiary/aromatic N) is 2. The van der Waals surface area contributed by atoms with Crippen LogP contribution in [0.4, 0.5) is 5.82 Å². The maximum atomic E-state index is 11.8. The number of carbonyl (C=O) groups excluding carboxylic acids is 1. The Bertz CT molecular complexity index is 723. The van der Waals surface area contributed by atoms with E-state index in [2.05, 4.69) is 32.1 Å². The molecule has 0 aliphatic carbocycles. The zero-order chi connectivity index (χ0) is 14.4. The van der Waals surface area contributed by atoms with Gasteiger partial charge in [-0.1, -0.05) is 12.0 Å². The normalized spacial score (nSPS) is 9.45. The highest BCUT2D eigenvalue weighted by Gasteiger charge is 2.08. The Kier molecular flexibility index (Phi) is 4.21. The van der Waals surface area contributed by atoms with Gasteiger partial charge in [-0.25, -0.2) is 9.97 Å². The molecule has 0 atom stereocenters. The number of aromatic amines is 1. The fourth-order valence-electron chi connectivity index (χ4n) is 1.35. The molecule has 0 saturated carbocycles. The van der Waals surface area contributed by atoms with Crippen LogP contribution in [0.3, 0.4) is 0 Å². The lowest BCUT2D eigenvalue weighted by Gasteiger charge is -2.03. The number of H-pyrrole nitrogens is 1. The maximum Gasteiger partial charge on any atom is 0.276 e. The number of rotatable bonds is 2. The second kappa shape index (κ2) is 6.26. The summed E-state index contributed by atoms with van der Waals surface area (Å²) in [4.78, 5) is 32.8. The van der Waals surface area contributed by atoms with Gasteiger partial charge in [0.2, 0.25) is 0 Å². The van der Waals surface area contributed by atoms with Crippen LogP contribution >= 0.6 is 0 Å².